The molecule has 0 unspecified atom stereocenters. The second kappa shape index (κ2) is 5.32. The Balaban J connectivity index is 1.82. The highest BCUT2D eigenvalue weighted by Crippen LogP contribution is 2.37. The van der Waals surface area contributed by atoms with Gasteiger partial charge in [-0.15, -0.1) is 0 Å². The largest absolute Gasteiger partial charge is 0.312 e. The molecule has 0 amide bonds. The van der Waals surface area contributed by atoms with Crippen LogP contribution in [0.25, 0.3) is 0 Å². The zero-order valence-electron chi connectivity index (χ0n) is 12.4. The first-order valence-electron chi connectivity index (χ1n) is 7.50. The van der Waals surface area contributed by atoms with Gasteiger partial charge in [0.2, 0.25) is 0 Å². The number of rotatable bonds is 2. The Kier molecular flexibility index (Phi) is 3.39. The van der Waals surface area contributed by atoms with Crippen LogP contribution in [0.3, 0.4) is 0 Å². The van der Waals surface area contributed by atoms with E-state index < -0.39 is 9.84 Å². The van der Waals surface area contributed by atoms with Crippen LogP contribution in [0, 0.1) is 0 Å². The minimum Gasteiger partial charge on any atom is -0.312 e. The van der Waals surface area contributed by atoms with Gasteiger partial charge in [0.15, 0.2) is 14.9 Å². The lowest BCUT2D eigenvalue weighted by molar-refractivity contribution is 0.601. The smallest absolute Gasteiger partial charge is 0.181 e. The van der Waals surface area contributed by atoms with Crippen molar-refractivity contribution in [3.8, 4) is 0 Å². The van der Waals surface area contributed by atoms with Gasteiger partial charge >= 0.3 is 0 Å². The second-order valence-electron chi connectivity index (χ2n) is 5.91. The van der Waals surface area contributed by atoms with Crippen molar-refractivity contribution in [3.05, 3.63) is 60.7 Å². The molecule has 23 heavy (non-hydrogen) atoms. The van der Waals surface area contributed by atoms with Gasteiger partial charge in [-0.2, -0.15) is 0 Å². The molecule has 2 aliphatic rings. The van der Waals surface area contributed by atoms with E-state index in [1.807, 2.05) is 70.5 Å². The Morgan fingerprint density at radius 2 is 1.17 bits per heavy atom. The lowest BCUT2D eigenvalue weighted by Gasteiger charge is -2.25. The summed E-state index contributed by atoms with van der Waals surface area (Å²) in [5.74, 6) is 0.298. The van der Waals surface area contributed by atoms with Gasteiger partial charge in [-0.05, 0) is 36.5 Å². The van der Waals surface area contributed by atoms with Crippen LogP contribution in [-0.4, -0.2) is 37.1 Å². The summed E-state index contributed by atoms with van der Waals surface area (Å²) in [5.41, 5.74) is 1.89. The van der Waals surface area contributed by atoms with E-state index in [0.29, 0.717) is 5.11 Å². The van der Waals surface area contributed by atoms with E-state index in [1.165, 1.54) is 0 Å². The van der Waals surface area contributed by atoms with Crippen LogP contribution in [0.2, 0.25) is 0 Å². The van der Waals surface area contributed by atoms with E-state index in [0.717, 1.165) is 11.4 Å². The molecule has 2 aromatic rings. The van der Waals surface area contributed by atoms with Gasteiger partial charge in [0.05, 0.1) is 23.6 Å². The SMILES string of the molecule is O=S1(=O)C[C@H]2[C@H](C1)N(c1ccccc1)C(=S)N2c1ccccc1. The van der Waals surface area contributed by atoms with Crippen molar-refractivity contribution in [2.24, 2.45) is 0 Å². The highest BCUT2D eigenvalue weighted by Gasteiger charge is 2.52. The van der Waals surface area contributed by atoms with Gasteiger partial charge in [-0.1, -0.05) is 36.4 Å². The monoisotopic (exact) mass is 344 g/mol. The third-order valence-corrected chi connectivity index (χ3v) is 6.53. The Morgan fingerprint density at radius 1 is 0.783 bits per heavy atom. The minimum absolute atomic E-state index is 0.130. The maximum Gasteiger partial charge on any atom is 0.181 e. The number of anilines is 2. The highest BCUT2D eigenvalue weighted by molar-refractivity contribution is 7.91. The molecule has 2 aliphatic heterocycles. The van der Waals surface area contributed by atoms with Gasteiger partial charge in [0.25, 0.3) is 0 Å². The quantitative estimate of drug-likeness (QED) is 0.783. The molecule has 2 heterocycles. The minimum atomic E-state index is -3.05. The second-order valence-corrected chi connectivity index (χ2v) is 8.42. The van der Waals surface area contributed by atoms with Crippen molar-refractivity contribution in [3.63, 3.8) is 0 Å². The molecule has 118 valence electrons. The van der Waals surface area contributed by atoms with Crippen LogP contribution in [-0.2, 0) is 9.84 Å². The number of hydrogen-bond acceptors (Lipinski definition) is 3. The van der Waals surface area contributed by atoms with Crippen molar-refractivity contribution >= 4 is 38.5 Å². The predicted octanol–water partition coefficient (Wildman–Crippen LogP) is 2.46. The summed E-state index contributed by atoms with van der Waals surface area (Å²) in [6, 6.07) is 19.3. The van der Waals surface area contributed by atoms with Crippen molar-refractivity contribution < 1.29 is 8.42 Å². The van der Waals surface area contributed by atoms with E-state index in [-0.39, 0.29) is 23.6 Å². The van der Waals surface area contributed by atoms with Crippen molar-refractivity contribution in [2.45, 2.75) is 12.1 Å². The van der Waals surface area contributed by atoms with Gasteiger partial charge in [0, 0.05) is 11.4 Å². The van der Waals surface area contributed by atoms with Crippen molar-refractivity contribution in [2.75, 3.05) is 21.3 Å². The van der Waals surface area contributed by atoms with Crippen LogP contribution < -0.4 is 9.80 Å². The third kappa shape index (κ3) is 2.42. The van der Waals surface area contributed by atoms with Crippen LogP contribution in [0.5, 0.6) is 0 Å². The molecule has 0 bridgehead atoms. The van der Waals surface area contributed by atoms with Crippen molar-refractivity contribution in [1.82, 2.24) is 0 Å². The molecule has 2 atom stereocenters. The molecular weight excluding hydrogens is 328 g/mol. The molecule has 4 rings (SSSR count). The lowest BCUT2D eigenvalue weighted by atomic mass is 10.1. The molecular formula is C17H16N2O2S2. The lowest BCUT2D eigenvalue weighted by Crippen LogP contribution is -2.37. The summed E-state index contributed by atoms with van der Waals surface area (Å²) in [7, 11) is -3.05. The van der Waals surface area contributed by atoms with Gasteiger partial charge in [-0.3, -0.25) is 0 Å². The summed E-state index contributed by atoms with van der Waals surface area (Å²) in [6.45, 7) is 0. The molecule has 6 heteroatoms. The molecule has 0 aliphatic carbocycles. The zero-order valence-corrected chi connectivity index (χ0v) is 14.0. The van der Waals surface area contributed by atoms with Crippen LogP contribution in [0.1, 0.15) is 0 Å². The van der Waals surface area contributed by atoms with Gasteiger partial charge in [-0.25, -0.2) is 8.42 Å². The first-order valence-corrected chi connectivity index (χ1v) is 9.73. The molecule has 0 N–H and O–H groups in total. The zero-order chi connectivity index (χ0) is 16.0. The summed E-state index contributed by atoms with van der Waals surface area (Å²) >= 11 is 5.71. The molecule has 4 nitrogen and oxygen atoms in total. The number of thiocarbonyl (C=S) groups is 1. The van der Waals surface area contributed by atoms with Crippen LogP contribution >= 0.6 is 12.2 Å². The fourth-order valence-corrected chi connectivity index (χ4v) is 5.89. The molecule has 2 fully saturated rings. The fourth-order valence-electron chi connectivity index (χ4n) is 3.48. The fraction of sp³-hybridized carbons (Fsp3) is 0.235. The maximum atomic E-state index is 12.2. The average molecular weight is 344 g/mol. The Hall–Kier alpha value is -1.92. The topological polar surface area (TPSA) is 40.6 Å². The summed E-state index contributed by atoms with van der Waals surface area (Å²) in [5, 5.41) is 0.673. The highest BCUT2D eigenvalue weighted by atomic mass is 32.2. The Bertz CT molecular complexity index is 774. The number of nitrogens with zero attached hydrogens (tertiary/aromatic N) is 2. The van der Waals surface area contributed by atoms with Gasteiger partial charge < -0.3 is 9.80 Å². The van der Waals surface area contributed by atoms with E-state index in [4.69, 9.17) is 12.2 Å². The molecule has 2 saturated heterocycles. The van der Waals surface area contributed by atoms with E-state index in [2.05, 4.69) is 0 Å². The van der Waals surface area contributed by atoms with E-state index in [1.54, 1.807) is 0 Å². The first-order chi connectivity index (χ1) is 11.1. The number of benzene rings is 2. The van der Waals surface area contributed by atoms with Crippen LogP contribution in [0.4, 0.5) is 11.4 Å². The molecule has 2 aromatic carbocycles. The maximum absolute atomic E-state index is 12.2. The number of hydrogen-bond donors (Lipinski definition) is 0. The number of fused-ring (bicyclic) bond motifs is 1. The summed E-state index contributed by atoms with van der Waals surface area (Å²) in [4.78, 5) is 4.00. The summed E-state index contributed by atoms with van der Waals surface area (Å²) < 4.78 is 24.4. The average Bonchev–Trinajstić information content (AvgIpc) is 2.97. The Morgan fingerprint density at radius 3 is 1.57 bits per heavy atom. The normalized spacial score (nSPS) is 25.7. The van der Waals surface area contributed by atoms with E-state index in [9.17, 15) is 8.42 Å². The molecule has 0 saturated carbocycles. The standard InChI is InChI=1S/C17H16N2O2S2/c20-23(21)11-15-16(12-23)19(14-9-5-2-6-10-14)17(22)18(15)13-7-3-1-4-8-13/h1-10,15-16H,11-12H2/t15-,16-/m0/s1. The molecule has 0 spiro atoms. The van der Waals surface area contributed by atoms with Crippen LogP contribution in [0.15, 0.2) is 60.7 Å². The predicted molar refractivity (Wildman–Crippen MR) is 96.7 cm³/mol. The molecule has 0 radical (unpaired) electrons. The van der Waals surface area contributed by atoms with Crippen molar-refractivity contribution in [1.29, 1.82) is 0 Å². The van der Waals surface area contributed by atoms with Gasteiger partial charge in [0.1, 0.15) is 0 Å². The first kappa shape index (κ1) is 14.7. The molecule has 0 aromatic heterocycles. The van der Waals surface area contributed by atoms with E-state index >= 15 is 0 Å². The third-order valence-electron chi connectivity index (χ3n) is 4.44. The Labute approximate surface area is 141 Å². The number of para-hydroxylation sites is 2. The summed E-state index contributed by atoms with van der Waals surface area (Å²) in [6.07, 6.45) is 0. The number of sulfone groups is 1.